The molecule has 0 aliphatic carbocycles. The Kier molecular flexibility index (Phi) is 7.38. The molecule has 2 aromatic rings. The average Bonchev–Trinajstić information content (AvgIpc) is 2.72. The molecule has 0 saturated heterocycles. The summed E-state index contributed by atoms with van der Waals surface area (Å²) in [6.45, 7) is 3.54. The summed E-state index contributed by atoms with van der Waals surface area (Å²) in [5.41, 5.74) is 3.06. The number of rotatable bonds is 7. The highest BCUT2D eigenvalue weighted by molar-refractivity contribution is 6.10. The Morgan fingerprint density at radius 2 is 1.86 bits per heavy atom. The molecule has 0 saturated carbocycles. The Morgan fingerprint density at radius 1 is 1.10 bits per heavy atom. The van der Waals surface area contributed by atoms with E-state index in [1.807, 2.05) is 38.1 Å². The lowest BCUT2D eigenvalue weighted by Gasteiger charge is -2.11. The van der Waals surface area contributed by atoms with Crippen LogP contribution in [-0.2, 0) is 14.3 Å². The minimum Gasteiger partial charge on any atom is -0.493 e. The molecule has 0 spiro atoms. The number of carbonyl (C=O) groups excluding carboxylic acids is 2. The van der Waals surface area contributed by atoms with E-state index in [-0.39, 0.29) is 12.2 Å². The Labute approximate surface area is 169 Å². The summed E-state index contributed by atoms with van der Waals surface area (Å²) in [7, 11) is 2.72. The van der Waals surface area contributed by atoms with Crippen LogP contribution in [0.4, 0.5) is 5.69 Å². The van der Waals surface area contributed by atoms with Crippen LogP contribution in [0.5, 0.6) is 11.5 Å². The van der Waals surface area contributed by atoms with Gasteiger partial charge in [-0.2, -0.15) is 5.26 Å². The molecule has 0 aliphatic heterocycles. The van der Waals surface area contributed by atoms with Gasteiger partial charge >= 0.3 is 5.97 Å². The van der Waals surface area contributed by atoms with E-state index in [4.69, 9.17) is 9.47 Å². The number of hydrogen-bond acceptors (Lipinski definition) is 6. The number of hydrogen-bond donors (Lipinski definition) is 1. The van der Waals surface area contributed by atoms with Gasteiger partial charge in [-0.1, -0.05) is 18.2 Å². The molecule has 1 N–H and O–H groups in total. The van der Waals surface area contributed by atoms with Gasteiger partial charge in [0.15, 0.2) is 18.1 Å². The van der Waals surface area contributed by atoms with Crippen LogP contribution in [0.2, 0.25) is 0 Å². The summed E-state index contributed by atoms with van der Waals surface area (Å²) in [5.74, 6) is -0.333. The van der Waals surface area contributed by atoms with E-state index >= 15 is 0 Å². The molecule has 0 fully saturated rings. The second-order valence-corrected chi connectivity index (χ2v) is 6.22. The number of anilines is 1. The van der Waals surface area contributed by atoms with Gasteiger partial charge in [0.1, 0.15) is 11.6 Å². The monoisotopic (exact) mass is 394 g/mol. The number of carbonyl (C=O) groups is 2. The Morgan fingerprint density at radius 3 is 2.52 bits per heavy atom. The van der Waals surface area contributed by atoms with Crippen molar-refractivity contribution in [1.82, 2.24) is 0 Å². The zero-order valence-corrected chi connectivity index (χ0v) is 16.7. The fraction of sp³-hybridized carbons (Fsp3) is 0.227. The third-order valence-corrected chi connectivity index (χ3v) is 4.08. The molecule has 0 aliphatic rings. The molecule has 2 aromatic carbocycles. The first-order valence-electron chi connectivity index (χ1n) is 8.76. The molecule has 0 bridgehead atoms. The van der Waals surface area contributed by atoms with Crippen LogP contribution in [0.1, 0.15) is 16.7 Å². The SMILES string of the molecule is COC(=O)COc1ccc(/C=C(\C#N)C(=O)Nc2cc(C)ccc2C)cc1OC. The molecule has 0 aromatic heterocycles. The van der Waals surface area contributed by atoms with Crippen molar-refractivity contribution in [2.45, 2.75) is 13.8 Å². The van der Waals surface area contributed by atoms with Gasteiger partial charge in [0.05, 0.1) is 14.2 Å². The van der Waals surface area contributed by atoms with E-state index in [1.165, 1.54) is 20.3 Å². The van der Waals surface area contributed by atoms with Crippen LogP contribution in [0.15, 0.2) is 42.0 Å². The zero-order chi connectivity index (χ0) is 21.4. The van der Waals surface area contributed by atoms with E-state index in [0.717, 1.165) is 11.1 Å². The van der Waals surface area contributed by atoms with Crippen LogP contribution in [0.25, 0.3) is 6.08 Å². The topological polar surface area (TPSA) is 97.7 Å². The van der Waals surface area contributed by atoms with Gasteiger partial charge in [-0.05, 0) is 54.8 Å². The van der Waals surface area contributed by atoms with Crippen molar-refractivity contribution in [2.24, 2.45) is 0 Å². The zero-order valence-electron chi connectivity index (χ0n) is 16.7. The molecule has 0 unspecified atom stereocenters. The van der Waals surface area contributed by atoms with E-state index in [9.17, 15) is 14.9 Å². The lowest BCUT2D eigenvalue weighted by Crippen LogP contribution is -2.14. The minimum atomic E-state index is -0.522. The number of esters is 1. The molecular formula is C22H22N2O5. The number of nitrogens with zero attached hydrogens (tertiary/aromatic N) is 1. The van der Waals surface area contributed by atoms with Crippen molar-refractivity contribution in [3.63, 3.8) is 0 Å². The summed E-state index contributed by atoms with van der Waals surface area (Å²) in [6, 6.07) is 12.5. The standard InChI is InChI=1S/C22H22N2O5/c1-14-5-6-15(2)18(9-14)24-22(26)17(12-23)10-16-7-8-19(20(11-16)27-3)29-13-21(25)28-4/h5-11H,13H2,1-4H3,(H,24,26)/b17-10+. The van der Waals surface area contributed by atoms with Gasteiger partial charge in [-0.3, -0.25) is 4.79 Å². The van der Waals surface area contributed by atoms with Gasteiger partial charge in [-0.15, -0.1) is 0 Å². The van der Waals surface area contributed by atoms with Gasteiger partial charge in [0.2, 0.25) is 0 Å². The molecule has 150 valence electrons. The number of aryl methyl sites for hydroxylation is 2. The second-order valence-electron chi connectivity index (χ2n) is 6.22. The van der Waals surface area contributed by atoms with Crippen molar-refractivity contribution >= 4 is 23.6 Å². The molecule has 7 nitrogen and oxygen atoms in total. The van der Waals surface area contributed by atoms with Crippen molar-refractivity contribution in [2.75, 3.05) is 26.1 Å². The van der Waals surface area contributed by atoms with E-state index in [2.05, 4.69) is 10.1 Å². The summed E-state index contributed by atoms with van der Waals surface area (Å²) in [6.07, 6.45) is 1.45. The van der Waals surface area contributed by atoms with Crippen molar-refractivity contribution in [3.05, 3.63) is 58.7 Å². The fourth-order valence-corrected chi connectivity index (χ4v) is 2.46. The molecule has 29 heavy (non-hydrogen) atoms. The Bertz CT molecular complexity index is 989. The van der Waals surface area contributed by atoms with Crippen LogP contribution in [0.3, 0.4) is 0 Å². The van der Waals surface area contributed by atoms with Crippen molar-refractivity contribution in [3.8, 4) is 17.6 Å². The summed E-state index contributed by atoms with van der Waals surface area (Å²) >= 11 is 0. The minimum absolute atomic E-state index is 0.0591. The Hall–Kier alpha value is -3.79. The van der Waals surface area contributed by atoms with E-state index < -0.39 is 11.9 Å². The number of benzene rings is 2. The normalized spacial score (nSPS) is 10.7. The number of nitrogens with one attached hydrogen (secondary N) is 1. The predicted molar refractivity (Wildman–Crippen MR) is 109 cm³/mol. The quantitative estimate of drug-likeness (QED) is 0.439. The Balaban J connectivity index is 2.23. The largest absolute Gasteiger partial charge is 0.493 e. The predicted octanol–water partition coefficient (Wildman–Crippen LogP) is 3.41. The van der Waals surface area contributed by atoms with Crippen molar-refractivity contribution in [1.29, 1.82) is 5.26 Å². The molecular weight excluding hydrogens is 372 g/mol. The highest BCUT2D eigenvalue weighted by atomic mass is 16.6. The van der Waals surface area contributed by atoms with E-state index in [1.54, 1.807) is 18.2 Å². The van der Waals surface area contributed by atoms with Gasteiger partial charge in [0, 0.05) is 5.69 Å². The lowest BCUT2D eigenvalue weighted by atomic mass is 10.1. The first kappa shape index (κ1) is 21.5. The number of ether oxygens (including phenoxy) is 3. The van der Waals surface area contributed by atoms with Crippen molar-refractivity contribution < 1.29 is 23.8 Å². The van der Waals surface area contributed by atoms with E-state index in [0.29, 0.717) is 22.7 Å². The lowest BCUT2D eigenvalue weighted by molar-refractivity contribution is -0.142. The highest BCUT2D eigenvalue weighted by Gasteiger charge is 2.13. The van der Waals surface area contributed by atoms with Crippen LogP contribution in [-0.4, -0.2) is 32.7 Å². The average molecular weight is 394 g/mol. The maximum Gasteiger partial charge on any atom is 0.343 e. The van der Waals surface area contributed by atoms with Crippen LogP contribution in [0, 0.1) is 25.2 Å². The summed E-state index contributed by atoms with van der Waals surface area (Å²) < 4.78 is 15.1. The molecule has 2 rings (SSSR count). The fourth-order valence-electron chi connectivity index (χ4n) is 2.46. The van der Waals surface area contributed by atoms with Gasteiger partial charge in [0.25, 0.3) is 5.91 Å². The summed E-state index contributed by atoms with van der Waals surface area (Å²) in [4.78, 5) is 23.8. The van der Waals surface area contributed by atoms with Crippen LogP contribution < -0.4 is 14.8 Å². The number of nitriles is 1. The molecule has 0 radical (unpaired) electrons. The third kappa shape index (κ3) is 5.84. The molecule has 0 atom stereocenters. The third-order valence-electron chi connectivity index (χ3n) is 4.08. The summed E-state index contributed by atoms with van der Waals surface area (Å²) in [5, 5.41) is 12.2. The first-order chi connectivity index (χ1) is 13.9. The molecule has 1 amide bonds. The maximum atomic E-state index is 12.5. The smallest absolute Gasteiger partial charge is 0.343 e. The number of amides is 1. The highest BCUT2D eigenvalue weighted by Crippen LogP contribution is 2.29. The number of methoxy groups -OCH3 is 2. The van der Waals surface area contributed by atoms with Crippen LogP contribution >= 0.6 is 0 Å². The van der Waals surface area contributed by atoms with Gasteiger partial charge in [-0.25, -0.2) is 4.79 Å². The maximum absolute atomic E-state index is 12.5. The molecule has 0 heterocycles. The van der Waals surface area contributed by atoms with Gasteiger partial charge < -0.3 is 19.5 Å². The first-order valence-corrected chi connectivity index (χ1v) is 8.76. The molecule has 7 heteroatoms. The second kappa shape index (κ2) is 9.95.